The van der Waals surface area contributed by atoms with Crippen molar-refractivity contribution in [2.75, 3.05) is 7.11 Å². The van der Waals surface area contributed by atoms with E-state index in [2.05, 4.69) is 0 Å². The number of hydrogen-bond donors (Lipinski definition) is 2. The van der Waals surface area contributed by atoms with Crippen LogP contribution in [0.15, 0.2) is 12.2 Å². The molecule has 32 heavy (non-hydrogen) atoms. The number of aliphatic hydroxyl groups excluding tert-OH is 1. The highest BCUT2D eigenvalue weighted by molar-refractivity contribution is 5.82. The van der Waals surface area contributed by atoms with Crippen LogP contribution in [0.3, 0.4) is 0 Å². The van der Waals surface area contributed by atoms with E-state index in [4.69, 9.17) is 18.9 Å². The molecule has 9 nitrogen and oxygen atoms in total. The summed E-state index contributed by atoms with van der Waals surface area (Å²) in [6.07, 6.45) is -0.0571. The SMILES string of the molecule is CCCCC(O)C=CC(=O)OC1C(C)OC(=O)C(C)C(OC(C)=O)C(C)(O)C(OC)C1C. The highest BCUT2D eigenvalue weighted by atomic mass is 16.6. The Bertz CT molecular complexity index is 672. The van der Waals surface area contributed by atoms with Gasteiger partial charge in [0.1, 0.15) is 23.9 Å². The molecule has 0 spiro atoms. The first-order chi connectivity index (χ1) is 14.9. The van der Waals surface area contributed by atoms with Gasteiger partial charge >= 0.3 is 17.9 Å². The molecular formula is C23H38O9. The topological polar surface area (TPSA) is 129 Å². The third-order valence-corrected chi connectivity index (χ3v) is 5.85. The summed E-state index contributed by atoms with van der Waals surface area (Å²) in [5, 5.41) is 21.2. The first kappa shape index (κ1) is 28.1. The zero-order valence-electron chi connectivity index (χ0n) is 20.1. The zero-order chi connectivity index (χ0) is 24.6. The first-order valence-electron chi connectivity index (χ1n) is 11.1. The summed E-state index contributed by atoms with van der Waals surface area (Å²) in [4.78, 5) is 36.8. The number of esters is 3. The third kappa shape index (κ3) is 7.28. The van der Waals surface area contributed by atoms with Gasteiger partial charge in [0.05, 0.1) is 18.1 Å². The standard InChI is InChI=1S/C23H38O9/c1-8-9-10-17(25)11-12-18(26)32-19-13(2)20(29-7)23(6,28)21(31-16(5)24)14(3)22(27)30-15(19)4/h11-15,17,19-21,25,28H,8-10H2,1-7H3. The summed E-state index contributed by atoms with van der Waals surface area (Å²) in [6, 6.07) is 0. The van der Waals surface area contributed by atoms with Crippen LogP contribution in [0, 0.1) is 11.8 Å². The minimum absolute atomic E-state index is 0.526. The van der Waals surface area contributed by atoms with Crippen molar-refractivity contribution in [1.82, 2.24) is 0 Å². The maximum atomic E-state index is 12.7. The van der Waals surface area contributed by atoms with Crippen LogP contribution in [0.25, 0.3) is 0 Å². The summed E-state index contributed by atoms with van der Waals surface area (Å²) < 4.78 is 21.9. The Labute approximate surface area is 190 Å². The number of hydrogen-bond acceptors (Lipinski definition) is 9. The summed E-state index contributed by atoms with van der Waals surface area (Å²) in [5.41, 5.74) is -1.79. The molecule has 0 aliphatic carbocycles. The molecule has 0 bridgehead atoms. The largest absolute Gasteiger partial charge is 0.458 e. The second kappa shape index (κ2) is 12.3. The minimum atomic E-state index is -1.79. The molecular weight excluding hydrogens is 420 g/mol. The highest BCUT2D eigenvalue weighted by Gasteiger charge is 2.53. The maximum Gasteiger partial charge on any atom is 0.330 e. The highest BCUT2D eigenvalue weighted by Crippen LogP contribution is 2.36. The van der Waals surface area contributed by atoms with Gasteiger partial charge in [-0.05, 0) is 33.3 Å². The van der Waals surface area contributed by atoms with Crippen molar-refractivity contribution < 1.29 is 43.5 Å². The summed E-state index contributed by atoms with van der Waals surface area (Å²) >= 11 is 0. The van der Waals surface area contributed by atoms with Gasteiger partial charge in [0.25, 0.3) is 0 Å². The van der Waals surface area contributed by atoms with Crippen molar-refractivity contribution in [1.29, 1.82) is 0 Å². The number of methoxy groups -OCH3 is 1. The van der Waals surface area contributed by atoms with Crippen LogP contribution < -0.4 is 0 Å². The predicted octanol–water partition coefficient (Wildman–Crippen LogP) is 1.92. The van der Waals surface area contributed by atoms with Gasteiger partial charge in [-0.2, -0.15) is 0 Å². The molecule has 0 radical (unpaired) electrons. The van der Waals surface area contributed by atoms with Crippen LogP contribution in [0.1, 0.15) is 60.8 Å². The average molecular weight is 459 g/mol. The molecule has 0 aromatic heterocycles. The Morgan fingerprint density at radius 1 is 1.22 bits per heavy atom. The average Bonchev–Trinajstić information content (AvgIpc) is 2.72. The van der Waals surface area contributed by atoms with Crippen LogP contribution in [0.4, 0.5) is 0 Å². The van der Waals surface area contributed by atoms with E-state index in [0.29, 0.717) is 6.42 Å². The quantitative estimate of drug-likeness (QED) is 0.318. The Hall–Kier alpha value is -1.97. The van der Waals surface area contributed by atoms with Crippen molar-refractivity contribution in [2.45, 2.75) is 96.9 Å². The van der Waals surface area contributed by atoms with Gasteiger partial charge in [-0.1, -0.05) is 26.7 Å². The molecule has 9 heteroatoms. The molecule has 0 saturated carbocycles. The van der Waals surface area contributed by atoms with Crippen LogP contribution in [-0.2, 0) is 33.3 Å². The van der Waals surface area contributed by atoms with Crippen molar-refractivity contribution in [3.05, 3.63) is 12.2 Å². The Morgan fingerprint density at radius 3 is 2.38 bits per heavy atom. The van der Waals surface area contributed by atoms with Crippen molar-refractivity contribution in [3.63, 3.8) is 0 Å². The van der Waals surface area contributed by atoms with Gasteiger partial charge in [0.2, 0.25) is 0 Å². The smallest absolute Gasteiger partial charge is 0.330 e. The van der Waals surface area contributed by atoms with Crippen LogP contribution >= 0.6 is 0 Å². The fraction of sp³-hybridized carbons (Fsp3) is 0.783. The Morgan fingerprint density at radius 2 is 1.84 bits per heavy atom. The lowest BCUT2D eigenvalue weighted by molar-refractivity contribution is -0.203. The molecule has 8 unspecified atom stereocenters. The van der Waals surface area contributed by atoms with Crippen LogP contribution in [0.5, 0.6) is 0 Å². The van der Waals surface area contributed by atoms with Gasteiger partial charge in [-0.25, -0.2) is 4.79 Å². The van der Waals surface area contributed by atoms with E-state index < -0.39 is 65.9 Å². The number of aliphatic hydroxyl groups is 2. The fourth-order valence-corrected chi connectivity index (χ4v) is 4.21. The van der Waals surface area contributed by atoms with E-state index in [1.54, 1.807) is 13.8 Å². The number of carbonyl (C=O) groups is 3. The zero-order valence-corrected chi connectivity index (χ0v) is 20.1. The Balaban J connectivity index is 3.21. The molecule has 2 N–H and O–H groups in total. The lowest BCUT2D eigenvalue weighted by Crippen LogP contribution is -2.59. The van der Waals surface area contributed by atoms with E-state index in [1.807, 2.05) is 6.92 Å². The first-order valence-corrected chi connectivity index (χ1v) is 11.1. The van der Waals surface area contributed by atoms with Gasteiger partial charge in [0, 0.05) is 26.0 Å². The van der Waals surface area contributed by atoms with E-state index in [1.165, 1.54) is 34.0 Å². The molecule has 1 heterocycles. The molecule has 184 valence electrons. The van der Waals surface area contributed by atoms with Gasteiger partial charge in [-0.15, -0.1) is 0 Å². The van der Waals surface area contributed by atoms with Gasteiger partial charge in [-0.3, -0.25) is 9.59 Å². The normalized spacial score (nSPS) is 34.7. The molecule has 1 aliphatic rings. The van der Waals surface area contributed by atoms with Crippen molar-refractivity contribution in [2.24, 2.45) is 11.8 Å². The number of rotatable bonds is 8. The second-order valence-corrected chi connectivity index (χ2v) is 8.67. The Kier molecular flexibility index (Phi) is 10.8. The second-order valence-electron chi connectivity index (χ2n) is 8.67. The molecule has 0 aromatic carbocycles. The summed E-state index contributed by atoms with van der Waals surface area (Å²) in [7, 11) is 1.37. The monoisotopic (exact) mass is 458 g/mol. The summed E-state index contributed by atoms with van der Waals surface area (Å²) in [6.45, 7) is 9.34. The molecule has 1 saturated heterocycles. The van der Waals surface area contributed by atoms with Crippen LogP contribution in [-0.4, -0.2) is 71.4 Å². The number of cyclic esters (lactones) is 1. The minimum Gasteiger partial charge on any atom is -0.458 e. The molecule has 0 aromatic rings. The number of ether oxygens (including phenoxy) is 4. The fourth-order valence-electron chi connectivity index (χ4n) is 4.21. The maximum absolute atomic E-state index is 12.7. The van der Waals surface area contributed by atoms with Crippen molar-refractivity contribution >= 4 is 17.9 Å². The van der Waals surface area contributed by atoms with Crippen LogP contribution in [0.2, 0.25) is 0 Å². The molecule has 1 fully saturated rings. The van der Waals surface area contributed by atoms with Crippen molar-refractivity contribution in [3.8, 4) is 0 Å². The number of unbranched alkanes of at least 4 members (excludes halogenated alkanes) is 1. The molecule has 8 atom stereocenters. The number of carbonyl (C=O) groups excluding carboxylic acids is 3. The molecule has 0 amide bonds. The molecule has 1 aliphatic heterocycles. The van der Waals surface area contributed by atoms with Gasteiger partial charge < -0.3 is 29.2 Å². The third-order valence-electron chi connectivity index (χ3n) is 5.85. The van der Waals surface area contributed by atoms with E-state index in [-0.39, 0.29) is 0 Å². The van der Waals surface area contributed by atoms with Gasteiger partial charge in [0.15, 0.2) is 0 Å². The lowest BCUT2D eigenvalue weighted by atomic mass is 9.78. The van der Waals surface area contributed by atoms with E-state index >= 15 is 0 Å². The predicted molar refractivity (Wildman–Crippen MR) is 115 cm³/mol. The van der Waals surface area contributed by atoms with E-state index in [9.17, 15) is 24.6 Å². The summed E-state index contributed by atoms with van der Waals surface area (Å²) in [5.74, 6) is -3.74. The molecule has 1 rings (SSSR count). The lowest BCUT2D eigenvalue weighted by Gasteiger charge is -2.42. The van der Waals surface area contributed by atoms with E-state index in [0.717, 1.165) is 18.9 Å².